The number of rotatable bonds is 6. The van der Waals surface area contributed by atoms with Gasteiger partial charge in [-0.1, -0.05) is 31.2 Å². The van der Waals surface area contributed by atoms with E-state index >= 15 is 0 Å². The summed E-state index contributed by atoms with van der Waals surface area (Å²) in [5, 5.41) is 5.93. The van der Waals surface area contributed by atoms with Crippen LogP contribution in [0.3, 0.4) is 0 Å². The number of hydrogen-bond donors (Lipinski definition) is 2. The van der Waals surface area contributed by atoms with Gasteiger partial charge in [0.25, 0.3) is 0 Å². The van der Waals surface area contributed by atoms with Crippen molar-refractivity contribution in [1.29, 1.82) is 0 Å². The summed E-state index contributed by atoms with van der Waals surface area (Å²) in [5.74, 6) is 0.483. The van der Waals surface area contributed by atoms with Gasteiger partial charge in [0.15, 0.2) is 0 Å². The zero-order valence-electron chi connectivity index (χ0n) is 16.7. The number of nitrogens with zero attached hydrogens (tertiary/aromatic N) is 2. The molecule has 2 N–H and O–H groups in total. The van der Waals surface area contributed by atoms with E-state index < -0.39 is 0 Å². The lowest BCUT2D eigenvalue weighted by Gasteiger charge is -2.16. The minimum atomic E-state index is -0.298. The van der Waals surface area contributed by atoms with E-state index in [1.165, 1.54) is 0 Å². The zero-order valence-corrected chi connectivity index (χ0v) is 16.7. The Kier molecular flexibility index (Phi) is 5.78. The SMILES string of the molecule is CCC(=O)NC(C)c1nc2ccccc2n1CC(=O)Nc1cccc(C)c1C. The van der Waals surface area contributed by atoms with Gasteiger partial charge in [0.1, 0.15) is 12.4 Å². The van der Waals surface area contributed by atoms with Crippen LogP contribution in [0.1, 0.15) is 43.3 Å². The first-order chi connectivity index (χ1) is 13.4. The number of nitrogens with one attached hydrogen (secondary N) is 2. The summed E-state index contributed by atoms with van der Waals surface area (Å²) in [6, 6.07) is 13.2. The third-order valence-corrected chi connectivity index (χ3v) is 4.95. The summed E-state index contributed by atoms with van der Waals surface area (Å²) in [7, 11) is 0. The number of para-hydroxylation sites is 2. The molecule has 2 aromatic carbocycles. The standard InChI is InChI=1S/C22H26N4O2/c1-5-20(27)23-16(4)22-25-18-10-6-7-12-19(18)26(22)13-21(28)24-17-11-8-9-14(2)15(17)3/h6-12,16H,5,13H2,1-4H3,(H,23,27)(H,24,28). The van der Waals surface area contributed by atoms with Gasteiger partial charge in [-0.2, -0.15) is 0 Å². The third-order valence-electron chi connectivity index (χ3n) is 4.95. The molecule has 0 bridgehead atoms. The summed E-state index contributed by atoms with van der Waals surface area (Å²) in [4.78, 5) is 29.3. The first-order valence-electron chi connectivity index (χ1n) is 9.51. The highest BCUT2D eigenvalue weighted by Crippen LogP contribution is 2.22. The zero-order chi connectivity index (χ0) is 20.3. The first kappa shape index (κ1) is 19.6. The second-order valence-corrected chi connectivity index (χ2v) is 6.98. The van der Waals surface area contributed by atoms with Gasteiger partial charge in [0.05, 0.1) is 17.1 Å². The molecule has 0 radical (unpaired) electrons. The molecule has 6 heteroatoms. The van der Waals surface area contributed by atoms with Crippen LogP contribution in [0, 0.1) is 13.8 Å². The van der Waals surface area contributed by atoms with Gasteiger partial charge < -0.3 is 15.2 Å². The Bertz CT molecular complexity index is 1020. The highest BCUT2D eigenvalue weighted by molar-refractivity contribution is 5.92. The second kappa shape index (κ2) is 8.25. The van der Waals surface area contributed by atoms with Crippen molar-refractivity contribution >= 4 is 28.5 Å². The normalized spacial score (nSPS) is 12.0. The maximum absolute atomic E-state index is 12.8. The third kappa shape index (κ3) is 4.06. The molecule has 0 saturated heterocycles. The number of carbonyl (C=O) groups is 2. The fourth-order valence-corrected chi connectivity index (χ4v) is 3.22. The topological polar surface area (TPSA) is 76.0 Å². The van der Waals surface area contributed by atoms with Crippen molar-refractivity contribution in [2.45, 2.75) is 46.7 Å². The van der Waals surface area contributed by atoms with Crippen LogP contribution in [0.15, 0.2) is 42.5 Å². The number of amides is 2. The van der Waals surface area contributed by atoms with E-state index in [-0.39, 0.29) is 24.4 Å². The van der Waals surface area contributed by atoms with Crippen molar-refractivity contribution in [2.24, 2.45) is 0 Å². The molecule has 6 nitrogen and oxygen atoms in total. The Morgan fingerprint density at radius 3 is 2.57 bits per heavy atom. The lowest BCUT2D eigenvalue weighted by atomic mass is 10.1. The van der Waals surface area contributed by atoms with Crippen LogP contribution in [0.5, 0.6) is 0 Å². The molecule has 3 rings (SSSR count). The minimum Gasteiger partial charge on any atom is -0.346 e. The number of fused-ring (bicyclic) bond motifs is 1. The van der Waals surface area contributed by atoms with E-state index in [0.29, 0.717) is 12.2 Å². The summed E-state index contributed by atoms with van der Waals surface area (Å²) in [6.45, 7) is 7.82. The smallest absolute Gasteiger partial charge is 0.244 e. The molecule has 28 heavy (non-hydrogen) atoms. The molecule has 0 fully saturated rings. The van der Waals surface area contributed by atoms with Crippen molar-refractivity contribution < 1.29 is 9.59 Å². The largest absolute Gasteiger partial charge is 0.346 e. The summed E-state index contributed by atoms with van der Waals surface area (Å²) < 4.78 is 1.87. The number of carbonyl (C=O) groups excluding carboxylic acids is 2. The highest BCUT2D eigenvalue weighted by atomic mass is 16.2. The molecule has 1 unspecified atom stereocenters. The molecule has 0 saturated carbocycles. The first-order valence-corrected chi connectivity index (χ1v) is 9.51. The van der Waals surface area contributed by atoms with Crippen LogP contribution < -0.4 is 10.6 Å². The molecular weight excluding hydrogens is 352 g/mol. The van der Waals surface area contributed by atoms with Gasteiger partial charge >= 0.3 is 0 Å². The van der Waals surface area contributed by atoms with E-state index in [2.05, 4.69) is 15.6 Å². The second-order valence-electron chi connectivity index (χ2n) is 6.98. The number of anilines is 1. The van der Waals surface area contributed by atoms with Gasteiger partial charge in [0, 0.05) is 12.1 Å². The van der Waals surface area contributed by atoms with E-state index in [1.54, 1.807) is 0 Å². The molecule has 1 atom stereocenters. The minimum absolute atomic E-state index is 0.0501. The molecule has 0 spiro atoms. The van der Waals surface area contributed by atoms with Crippen LogP contribution in [-0.4, -0.2) is 21.4 Å². The van der Waals surface area contributed by atoms with Gasteiger partial charge in [-0.15, -0.1) is 0 Å². The molecule has 3 aromatic rings. The Morgan fingerprint density at radius 1 is 1.07 bits per heavy atom. The molecular formula is C22H26N4O2. The lowest BCUT2D eigenvalue weighted by molar-refractivity contribution is -0.121. The Hall–Kier alpha value is -3.15. The average Bonchev–Trinajstić information content (AvgIpc) is 3.04. The van der Waals surface area contributed by atoms with Crippen LogP contribution >= 0.6 is 0 Å². The molecule has 2 amide bonds. The van der Waals surface area contributed by atoms with E-state index in [0.717, 1.165) is 27.8 Å². The molecule has 0 aliphatic rings. The molecule has 146 valence electrons. The summed E-state index contributed by atoms with van der Waals surface area (Å²) in [5.41, 5.74) is 4.65. The van der Waals surface area contributed by atoms with Crippen molar-refractivity contribution in [2.75, 3.05) is 5.32 Å². The maximum Gasteiger partial charge on any atom is 0.244 e. The van der Waals surface area contributed by atoms with E-state index in [4.69, 9.17) is 0 Å². The van der Waals surface area contributed by atoms with Crippen LogP contribution in [0.2, 0.25) is 0 Å². The number of hydrogen-bond acceptors (Lipinski definition) is 3. The van der Waals surface area contributed by atoms with Crippen LogP contribution in [-0.2, 0) is 16.1 Å². The van der Waals surface area contributed by atoms with Gasteiger partial charge in [-0.05, 0) is 50.1 Å². The van der Waals surface area contributed by atoms with E-state index in [9.17, 15) is 9.59 Å². The Morgan fingerprint density at radius 2 is 1.82 bits per heavy atom. The fraction of sp³-hybridized carbons (Fsp3) is 0.318. The number of aromatic nitrogens is 2. The van der Waals surface area contributed by atoms with Crippen LogP contribution in [0.4, 0.5) is 5.69 Å². The van der Waals surface area contributed by atoms with E-state index in [1.807, 2.05) is 74.7 Å². The fourth-order valence-electron chi connectivity index (χ4n) is 3.22. The quantitative estimate of drug-likeness (QED) is 0.683. The van der Waals surface area contributed by atoms with Gasteiger partial charge in [0.2, 0.25) is 11.8 Å². The number of benzene rings is 2. The van der Waals surface area contributed by atoms with Gasteiger partial charge in [-0.25, -0.2) is 4.98 Å². The Balaban J connectivity index is 1.90. The summed E-state index contributed by atoms with van der Waals surface area (Å²) >= 11 is 0. The van der Waals surface area contributed by atoms with Crippen LogP contribution in [0.25, 0.3) is 11.0 Å². The predicted octanol–water partition coefficient (Wildman–Crippen LogP) is 3.88. The molecule has 0 aliphatic heterocycles. The van der Waals surface area contributed by atoms with Crippen molar-refractivity contribution in [1.82, 2.24) is 14.9 Å². The molecule has 1 heterocycles. The Labute approximate surface area is 165 Å². The molecule has 1 aromatic heterocycles. The average molecular weight is 378 g/mol. The maximum atomic E-state index is 12.8. The summed E-state index contributed by atoms with van der Waals surface area (Å²) in [6.07, 6.45) is 0.400. The monoisotopic (exact) mass is 378 g/mol. The number of aryl methyl sites for hydroxylation is 1. The predicted molar refractivity (Wildman–Crippen MR) is 111 cm³/mol. The van der Waals surface area contributed by atoms with Gasteiger partial charge in [-0.3, -0.25) is 9.59 Å². The van der Waals surface area contributed by atoms with Crippen molar-refractivity contribution in [3.63, 3.8) is 0 Å². The van der Waals surface area contributed by atoms with Crippen molar-refractivity contribution in [3.05, 3.63) is 59.4 Å². The van der Waals surface area contributed by atoms with Crippen molar-refractivity contribution in [3.8, 4) is 0 Å². The highest BCUT2D eigenvalue weighted by Gasteiger charge is 2.20. The number of imidazole rings is 1. The lowest BCUT2D eigenvalue weighted by Crippen LogP contribution is -2.29. The molecule has 0 aliphatic carbocycles.